The van der Waals surface area contributed by atoms with E-state index in [1.165, 1.54) is 0 Å². The lowest BCUT2D eigenvalue weighted by atomic mass is 10.6. The van der Waals surface area contributed by atoms with E-state index in [2.05, 4.69) is 0 Å². The molecule has 14 heteroatoms. The Hall–Kier alpha value is 0.0200. The maximum Gasteiger partial charge on any atom is 0.414 e. The number of hydrogen-bond acceptors (Lipinski definition) is 0. The maximum absolute atomic E-state index is 12.3. The average Bonchev–Trinajstić information content (AvgIpc) is 2.04. The largest absolute Gasteiger partial charge is 0.414 e. The van der Waals surface area contributed by atoms with Gasteiger partial charge in [0.2, 0.25) is 0 Å². The minimum atomic E-state index is -5.93. The molecule has 1 atom stereocenters. The predicted octanol–water partition coefficient (Wildman–Crippen LogP) is 6.42. The Bertz CT molecular complexity index is 307. The molecule has 0 aliphatic carbocycles. The van der Waals surface area contributed by atoms with E-state index in [1.54, 1.807) is 0 Å². The number of alkyl halides is 12. The van der Waals surface area contributed by atoms with Crippen molar-refractivity contribution in [3.8, 4) is 0 Å². The van der Waals surface area contributed by atoms with Gasteiger partial charge in [-0.3, -0.25) is 0 Å². The molecule has 0 aliphatic heterocycles. The van der Waals surface area contributed by atoms with Crippen molar-refractivity contribution < 1.29 is 52.7 Å². The molecule has 0 aromatic carbocycles. The van der Waals surface area contributed by atoms with Crippen molar-refractivity contribution in [3.05, 3.63) is 0 Å². The van der Waals surface area contributed by atoms with Crippen LogP contribution in [0.5, 0.6) is 0 Å². The molecule has 21 heavy (non-hydrogen) atoms. The van der Waals surface area contributed by atoms with Crippen LogP contribution in [0.3, 0.4) is 0 Å². The normalized spacial score (nSPS) is 16.7. The minimum Gasteiger partial charge on any atom is -0.167 e. The van der Waals surface area contributed by atoms with E-state index in [0.717, 1.165) is 0 Å². The van der Waals surface area contributed by atoms with Crippen molar-refractivity contribution in [1.82, 2.24) is 0 Å². The van der Waals surface area contributed by atoms with Gasteiger partial charge in [0.1, 0.15) is 15.8 Å². The van der Waals surface area contributed by atoms with Gasteiger partial charge >= 0.3 is 23.7 Å². The average molecular weight is 380 g/mol. The van der Waals surface area contributed by atoms with Gasteiger partial charge in [0.25, 0.3) is 0 Å². The molecule has 0 fully saturated rings. The zero-order valence-corrected chi connectivity index (χ0v) is 11.5. The fraction of sp³-hybridized carbons (Fsp3) is 1.00. The van der Waals surface area contributed by atoms with Crippen LogP contribution < -0.4 is 0 Å². The lowest BCUT2D eigenvalue weighted by molar-refractivity contribution is -0.0879. The summed E-state index contributed by atoms with van der Waals surface area (Å²) in [6, 6.07) is 0. The fourth-order valence-electron chi connectivity index (χ4n) is 1.34. The minimum absolute atomic E-state index is 0.0967. The molecule has 1 unspecified atom stereocenters. The number of halogens is 12. The van der Waals surface area contributed by atoms with Crippen LogP contribution in [0.1, 0.15) is 6.92 Å². The van der Waals surface area contributed by atoms with Gasteiger partial charge in [-0.05, 0) is 11.8 Å². The third kappa shape index (κ3) is 6.34. The second kappa shape index (κ2) is 6.26. The van der Waals surface area contributed by atoms with Crippen LogP contribution in [0, 0.1) is 0 Å². The highest BCUT2D eigenvalue weighted by Gasteiger charge is 2.63. The van der Waals surface area contributed by atoms with Crippen LogP contribution >= 0.6 is 15.8 Å². The van der Waals surface area contributed by atoms with E-state index < -0.39 is 51.3 Å². The smallest absolute Gasteiger partial charge is 0.167 e. The summed E-state index contributed by atoms with van der Waals surface area (Å²) in [4.78, 5) is 0. The first-order chi connectivity index (χ1) is 8.88. The zero-order chi connectivity index (χ0) is 17.4. The SMILES string of the molecule is CC(CP(C(F)(F)F)C(F)(F)F)P(C(F)(F)F)C(F)(F)F. The van der Waals surface area contributed by atoms with Crippen LogP contribution in [0.4, 0.5) is 52.7 Å². The van der Waals surface area contributed by atoms with Gasteiger partial charge in [0.15, 0.2) is 0 Å². The van der Waals surface area contributed by atoms with Crippen molar-refractivity contribution in [3.63, 3.8) is 0 Å². The van der Waals surface area contributed by atoms with Gasteiger partial charge < -0.3 is 0 Å². The Balaban J connectivity index is 5.44. The topological polar surface area (TPSA) is 0 Å². The summed E-state index contributed by atoms with van der Waals surface area (Å²) in [7, 11) is -10.0. The quantitative estimate of drug-likeness (QED) is 0.392. The predicted molar refractivity (Wildman–Crippen MR) is 52.4 cm³/mol. The first-order valence-corrected chi connectivity index (χ1v) is 7.66. The summed E-state index contributed by atoms with van der Waals surface area (Å²) in [6.07, 6.45) is -2.27. The lowest BCUT2D eigenvalue weighted by Crippen LogP contribution is -2.30. The second-order valence-electron chi connectivity index (χ2n) is 3.70. The monoisotopic (exact) mass is 380 g/mol. The van der Waals surface area contributed by atoms with Crippen molar-refractivity contribution in [1.29, 1.82) is 0 Å². The van der Waals surface area contributed by atoms with Crippen LogP contribution in [-0.2, 0) is 0 Å². The third-order valence-electron chi connectivity index (χ3n) is 2.05. The molecule has 0 heterocycles. The Kier molecular flexibility index (Phi) is 6.26. The van der Waals surface area contributed by atoms with E-state index >= 15 is 0 Å². The van der Waals surface area contributed by atoms with E-state index in [0.29, 0.717) is 0 Å². The second-order valence-corrected chi connectivity index (χ2v) is 8.57. The van der Waals surface area contributed by atoms with Crippen molar-refractivity contribution >= 4 is 15.8 Å². The zero-order valence-electron chi connectivity index (χ0n) is 9.71. The van der Waals surface area contributed by atoms with Gasteiger partial charge in [0, 0.05) is 0 Å². The van der Waals surface area contributed by atoms with Gasteiger partial charge in [-0.15, -0.1) is 0 Å². The molecule has 0 bridgehead atoms. The summed E-state index contributed by atoms with van der Waals surface area (Å²) < 4.78 is 147. The highest BCUT2D eigenvalue weighted by Crippen LogP contribution is 2.72. The molecule has 0 spiro atoms. The van der Waals surface area contributed by atoms with Gasteiger partial charge in [-0.25, -0.2) is 0 Å². The number of rotatable bonds is 3. The van der Waals surface area contributed by atoms with Gasteiger partial charge in [-0.2, -0.15) is 52.7 Å². The molecule has 0 aliphatic rings. The summed E-state index contributed by atoms with van der Waals surface area (Å²) in [5.41, 5.74) is -2.85. The van der Waals surface area contributed by atoms with E-state index in [4.69, 9.17) is 0 Å². The van der Waals surface area contributed by atoms with Gasteiger partial charge in [0.05, 0.1) is 0 Å². The fourth-order valence-corrected chi connectivity index (χ4v) is 5.00. The lowest BCUT2D eigenvalue weighted by Gasteiger charge is -2.31. The Labute approximate surface area is 112 Å². The molecule has 0 aromatic rings. The van der Waals surface area contributed by atoms with Crippen molar-refractivity contribution in [2.24, 2.45) is 0 Å². The molecule has 0 amide bonds. The summed E-state index contributed by atoms with van der Waals surface area (Å²) in [5.74, 6) is -23.7. The van der Waals surface area contributed by atoms with E-state index in [1.807, 2.05) is 0 Å². The Morgan fingerprint density at radius 1 is 0.619 bits per heavy atom. The summed E-state index contributed by atoms with van der Waals surface area (Å²) in [5, 5.41) is 0. The highest BCUT2D eigenvalue weighted by molar-refractivity contribution is 7.64. The Morgan fingerprint density at radius 3 is 1.10 bits per heavy atom. The summed E-state index contributed by atoms with van der Waals surface area (Å²) >= 11 is 0. The van der Waals surface area contributed by atoms with E-state index in [9.17, 15) is 52.7 Å². The van der Waals surface area contributed by atoms with Crippen molar-refractivity contribution in [2.45, 2.75) is 36.3 Å². The van der Waals surface area contributed by atoms with Crippen LogP contribution in [0.2, 0.25) is 0 Å². The van der Waals surface area contributed by atoms with Crippen molar-refractivity contribution in [2.75, 3.05) is 6.16 Å². The molecular formula is C7H6F12P2. The molecule has 0 rings (SSSR count). The Morgan fingerprint density at radius 2 is 0.905 bits per heavy atom. The molecule has 0 saturated heterocycles. The standard InChI is InChI=1S/C7H6F12P2/c1-3(21(6(14,15)16)7(17,18)19)2-20(4(8,9)10)5(11,12)13/h3H,2H2,1H3. The van der Waals surface area contributed by atoms with Crippen LogP contribution in [0.25, 0.3) is 0 Å². The molecule has 0 saturated carbocycles. The molecule has 0 N–H and O–H groups in total. The molecule has 128 valence electrons. The third-order valence-corrected chi connectivity index (χ3v) is 6.63. The molecular weight excluding hydrogens is 374 g/mol. The number of hydrogen-bond donors (Lipinski definition) is 0. The highest BCUT2D eigenvalue weighted by atomic mass is 31.1. The first kappa shape index (κ1) is 21.0. The summed E-state index contributed by atoms with van der Waals surface area (Å²) in [6.45, 7) is 0.0967. The van der Waals surface area contributed by atoms with E-state index in [-0.39, 0.29) is 6.92 Å². The van der Waals surface area contributed by atoms with Crippen LogP contribution in [-0.4, -0.2) is 35.5 Å². The first-order valence-electron chi connectivity index (χ1n) is 4.72. The molecule has 0 radical (unpaired) electrons. The maximum atomic E-state index is 12.3. The molecule has 0 nitrogen and oxygen atoms in total. The van der Waals surface area contributed by atoms with Gasteiger partial charge in [-0.1, -0.05) is 6.92 Å². The molecule has 0 aromatic heterocycles. The van der Waals surface area contributed by atoms with Crippen LogP contribution in [0.15, 0.2) is 0 Å².